The van der Waals surface area contributed by atoms with E-state index in [4.69, 9.17) is 29.0 Å². The molecule has 0 saturated heterocycles. The fraction of sp³-hybridized carbons (Fsp3) is 1.00. The summed E-state index contributed by atoms with van der Waals surface area (Å²) in [6.45, 7) is 1.19. The van der Waals surface area contributed by atoms with Gasteiger partial charge in [-0.1, -0.05) is 0 Å². The van der Waals surface area contributed by atoms with Crippen LogP contribution in [0.2, 0.25) is 0 Å². The quantitative estimate of drug-likeness (QED) is 0.339. The normalized spacial score (nSPS) is 7.33. The first kappa shape index (κ1) is 29.4. The third-order valence-electron chi connectivity index (χ3n) is 0.167. The Labute approximate surface area is 84.8 Å². The van der Waals surface area contributed by atoms with E-state index in [0.29, 0.717) is 13.1 Å². The minimum absolute atomic E-state index is 0. The molecule has 0 amide bonds. The molecule has 0 bridgehead atoms. The van der Waals surface area contributed by atoms with Crippen LogP contribution in [0.3, 0.4) is 0 Å². The van der Waals surface area contributed by atoms with Gasteiger partial charge in [-0.15, -0.1) is 0 Å². The molecular formula is C2H12N2O6PtS. The van der Waals surface area contributed by atoms with Gasteiger partial charge < -0.3 is 31.5 Å². The number of hydrogen-bond acceptors (Lipinski definition) is 6. The van der Waals surface area contributed by atoms with E-state index in [0.717, 1.165) is 0 Å². The molecule has 0 aliphatic carbocycles. The fourth-order valence-corrected chi connectivity index (χ4v) is 0. The van der Waals surface area contributed by atoms with E-state index in [9.17, 15) is 0 Å². The maximum Gasteiger partial charge on any atom is 2.00 e. The van der Waals surface area contributed by atoms with E-state index in [1.165, 1.54) is 0 Å². The van der Waals surface area contributed by atoms with Crippen LogP contribution in [0.25, 0.3) is 0 Å². The minimum Gasteiger partial charge on any atom is -0.759 e. The van der Waals surface area contributed by atoms with Crippen LogP contribution in [0, 0.1) is 0 Å². The average Bonchev–Trinajstić information content (AvgIpc) is 1.61. The molecule has 0 aromatic rings. The smallest absolute Gasteiger partial charge is 0.759 e. The molecule has 12 heavy (non-hydrogen) atoms. The third kappa shape index (κ3) is 470. The predicted octanol–water partition coefficient (Wildman–Crippen LogP) is -4.09. The summed E-state index contributed by atoms with van der Waals surface area (Å²) in [6.07, 6.45) is 0. The van der Waals surface area contributed by atoms with Gasteiger partial charge in [0.15, 0.2) is 0 Å². The molecule has 0 radical (unpaired) electrons. The summed E-state index contributed by atoms with van der Waals surface area (Å²) in [5.41, 5.74) is 9.81. The minimum atomic E-state index is -5.17. The largest absolute Gasteiger partial charge is 2.00 e. The zero-order chi connectivity index (χ0) is 7.91. The Morgan fingerprint density at radius 2 is 1.08 bits per heavy atom. The van der Waals surface area contributed by atoms with Crippen LogP contribution in [-0.4, -0.2) is 41.6 Å². The van der Waals surface area contributed by atoms with Crippen LogP contribution in [0.5, 0.6) is 0 Å². The van der Waals surface area contributed by atoms with Gasteiger partial charge in [0.1, 0.15) is 0 Å². The second-order valence-electron chi connectivity index (χ2n) is 0.986. The molecule has 8 nitrogen and oxygen atoms in total. The summed E-state index contributed by atoms with van der Waals surface area (Å²) in [4.78, 5) is 0. The Hall–Kier alpha value is 0.398. The zero-order valence-electron chi connectivity index (χ0n) is 5.93. The first-order valence-corrected chi connectivity index (χ1v) is 3.32. The van der Waals surface area contributed by atoms with Gasteiger partial charge in [0.05, 0.1) is 0 Å². The summed E-state index contributed by atoms with van der Waals surface area (Å²) in [5.74, 6) is 0. The van der Waals surface area contributed by atoms with Gasteiger partial charge in [0.2, 0.25) is 0 Å². The van der Waals surface area contributed by atoms with Gasteiger partial charge in [-0.2, -0.15) is 0 Å². The molecule has 0 spiro atoms. The van der Waals surface area contributed by atoms with E-state index in [1.54, 1.807) is 0 Å². The van der Waals surface area contributed by atoms with Crippen molar-refractivity contribution >= 4 is 10.4 Å². The van der Waals surface area contributed by atoms with Gasteiger partial charge in [-0.05, 0) is 0 Å². The molecule has 82 valence electrons. The van der Waals surface area contributed by atoms with Gasteiger partial charge in [-0.3, -0.25) is 8.42 Å². The van der Waals surface area contributed by atoms with E-state index < -0.39 is 10.4 Å². The van der Waals surface area contributed by atoms with E-state index >= 15 is 0 Å². The maximum absolute atomic E-state index is 8.52. The number of rotatable bonds is 1. The van der Waals surface area contributed by atoms with Crippen molar-refractivity contribution in [2.75, 3.05) is 13.1 Å². The molecule has 0 aliphatic heterocycles. The monoisotopic (exact) mass is 387 g/mol. The molecule has 0 aromatic heterocycles. The van der Waals surface area contributed by atoms with Crippen molar-refractivity contribution in [3.8, 4) is 0 Å². The Bertz CT molecular complexity index is 126. The molecular weight excluding hydrogens is 375 g/mol. The topological polar surface area (TPSA) is 195 Å². The molecule has 0 rings (SSSR count). The summed E-state index contributed by atoms with van der Waals surface area (Å²) in [5, 5.41) is 0. The average molecular weight is 387 g/mol. The summed E-state index contributed by atoms with van der Waals surface area (Å²) in [6, 6.07) is 0. The van der Waals surface area contributed by atoms with Crippen LogP contribution in [0.4, 0.5) is 0 Å². The Balaban J connectivity index is -0.0000000221. The van der Waals surface area contributed by atoms with Crippen LogP contribution in [0.15, 0.2) is 0 Å². The maximum atomic E-state index is 8.52. The molecule has 8 N–H and O–H groups in total. The summed E-state index contributed by atoms with van der Waals surface area (Å²) < 4.78 is 34.1. The van der Waals surface area contributed by atoms with Crippen LogP contribution in [0.1, 0.15) is 0 Å². The second kappa shape index (κ2) is 17.5. The van der Waals surface area contributed by atoms with Crippen molar-refractivity contribution in [3.05, 3.63) is 0 Å². The molecule has 0 unspecified atom stereocenters. The zero-order valence-corrected chi connectivity index (χ0v) is 9.02. The van der Waals surface area contributed by atoms with Gasteiger partial charge >= 0.3 is 21.1 Å². The Kier molecular flexibility index (Phi) is 42.9. The van der Waals surface area contributed by atoms with Crippen molar-refractivity contribution in [3.63, 3.8) is 0 Å². The van der Waals surface area contributed by atoms with E-state index in [2.05, 4.69) is 0 Å². The van der Waals surface area contributed by atoms with Crippen molar-refractivity contribution in [2.45, 2.75) is 0 Å². The van der Waals surface area contributed by atoms with Crippen LogP contribution >= 0.6 is 0 Å². The van der Waals surface area contributed by atoms with Crippen LogP contribution in [-0.2, 0) is 31.5 Å². The second-order valence-corrected chi connectivity index (χ2v) is 1.80. The molecule has 0 heterocycles. The third-order valence-corrected chi connectivity index (χ3v) is 0.167. The van der Waals surface area contributed by atoms with Crippen LogP contribution < -0.4 is 11.5 Å². The van der Waals surface area contributed by atoms with E-state index in [1.807, 2.05) is 0 Å². The molecule has 0 atom stereocenters. The molecule has 10 heteroatoms. The number of nitrogens with two attached hydrogens (primary N) is 2. The fourth-order valence-electron chi connectivity index (χ4n) is 0. The van der Waals surface area contributed by atoms with Crippen molar-refractivity contribution in [1.82, 2.24) is 0 Å². The predicted molar refractivity (Wildman–Crippen MR) is 35.8 cm³/mol. The van der Waals surface area contributed by atoms with Gasteiger partial charge in [0, 0.05) is 23.5 Å². The first-order chi connectivity index (χ1) is 3.91. The standard InChI is InChI=1S/C2H8N2.H2O4S.2H2O.Pt/c3-1-2-4;1-5(2,3)4;;;/h1-4H2;(H2,1,2,3,4);2*1H2;/q;;;;+2/p-2. The van der Waals surface area contributed by atoms with Gasteiger partial charge in [-0.25, -0.2) is 0 Å². The Morgan fingerprint density at radius 3 is 1.08 bits per heavy atom. The van der Waals surface area contributed by atoms with Crippen molar-refractivity contribution < 1.29 is 49.5 Å². The molecule has 0 aliphatic rings. The van der Waals surface area contributed by atoms with Crippen molar-refractivity contribution in [2.24, 2.45) is 11.5 Å². The summed E-state index contributed by atoms with van der Waals surface area (Å²) >= 11 is 0. The van der Waals surface area contributed by atoms with Gasteiger partial charge in [0.25, 0.3) is 0 Å². The first-order valence-electron chi connectivity index (χ1n) is 1.98. The SMILES string of the molecule is NCCN.O.O.O=S(=O)([O-])[O-].[Pt+2]. The molecule has 0 aromatic carbocycles. The van der Waals surface area contributed by atoms with Crippen molar-refractivity contribution in [1.29, 1.82) is 0 Å². The summed E-state index contributed by atoms with van der Waals surface area (Å²) in [7, 11) is -5.17. The molecule has 0 saturated carbocycles. The number of hydrogen-bond donors (Lipinski definition) is 2. The molecule has 0 fully saturated rings. The Morgan fingerprint density at radius 1 is 1.00 bits per heavy atom. The van der Waals surface area contributed by atoms with E-state index in [-0.39, 0.29) is 32.0 Å².